The van der Waals surface area contributed by atoms with Gasteiger partial charge in [0.25, 0.3) is 0 Å². The number of carbonyl (C=O) groups excluding carboxylic acids is 3. The third kappa shape index (κ3) is 8.45. The van der Waals surface area contributed by atoms with Crippen molar-refractivity contribution in [2.24, 2.45) is 11.8 Å². The molecule has 1 aliphatic heterocycles. The van der Waals surface area contributed by atoms with E-state index in [4.69, 9.17) is 4.74 Å². The van der Waals surface area contributed by atoms with E-state index in [2.05, 4.69) is 22.0 Å². The second-order valence-corrected chi connectivity index (χ2v) is 11.5. The molecule has 3 N–H and O–H groups in total. The molecule has 0 unspecified atom stereocenters. The standard InChI is InChI=1S/C30H48N4O4/c1-20(2)18-25-29(36)31-17-11-15-23-12-9-10-16-26(23)38-21(3)19-32-27(24-13-7-6-8-14-24)30(37)34(5)22(4)28(35)33-25/h9-10,12,16,20-22,24-25,27,32H,6-8,11,13-15,17-19H2,1-5H3,(H,31,36)(H,33,35)/t21-,22-,25-,27+/m1/s1. The third-order valence-corrected chi connectivity index (χ3v) is 7.88. The van der Waals surface area contributed by atoms with Crippen LogP contribution >= 0.6 is 0 Å². The van der Waals surface area contributed by atoms with Gasteiger partial charge in [-0.05, 0) is 69.4 Å². The van der Waals surface area contributed by atoms with E-state index in [1.54, 1.807) is 14.0 Å². The first-order chi connectivity index (χ1) is 18.2. The Morgan fingerprint density at radius 1 is 1.00 bits per heavy atom. The topological polar surface area (TPSA) is 99.8 Å². The summed E-state index contributed by atoms with van der Waals surface area (Å²) in [6.07, 6.45) is 7.32. The number of ether oxygens (including phenoxy) is 1. The number of carbonyl (C=O) groups is 3. The highest BCUT2D eigenvalue weighted by atomic mass is 16.5. The summed E-state index contributed by atoms with van der Waals surface area (Å²) in [4.78, 5) is 41.6. The maximum Gasteiger partial charge on any atom is 0.243 e. The van der Waals surface area contributed by atoms with Crippen molar-refractivity contribution in [3.05, 3.63) is 29.8 Å². The number of nitrogens with one attached hydrogen (secondary N) is 3. The van der Waals surface area contributed by atoms with Gasteiger partial charge in [0, 0.05) is 20.1 Å². The summed E-state index contributed by atoms with van der Waals surface area (Å²) in [6, 6.07) is 6.28. The van der Waals surface area contributed by atoms with Crippen LogP contribution in [0.4, 0.5) is 0 Å². The molecule has 0 saturated heterocycles. The molecule has 8 nitrogen and oxygen atoms in total. The largest absolute Gasteiger partial charge is 0.489 e. The van der Waals surface area contributed by atoms with Gasteiger partial charge in [-0.1, -0.05) is 51.3 Å². The minimum Gasteiger partial charge on any atom is -0.489 e. The van der Waals surface area contributed by atoms with Crippen molar-refractivity contribution in [1.82, 2.24) is 20.9 Å². The summed E-state index contributed by atoms with van der Waals surface area (Å²) in [5, 5.41) is 9.46. The molecule has 2 aliphatic rings. The molecule has 8 heteroatoms. The van der Waals surface area contributed by atoms with Gasteiger partial charge in [0.05, 0.1) is 6.04 Å². The lowest BCUT2D eigenvalue weighted by molar-refractivity contribution is -0.142. The molecule has 1 saturated carbocycles. The van der Waals surface area contributed by atoms with Crippen molar-refractivity contribution in [3.8, 4) is 5.75 Å². The van der Waals surface area contributed by atoms with Gasteiger partial charge in [-0.15, -0.1) is 0 Å². The van der Waals surface area contributed by atoms with Gasteiger partial charge in [0.1, 0.15) is 23.9 Å². The maximum atomic E-state index is 13.8. The molecule has 0 spiro atoms. The number of rotatable bonds is 3. The zero-order valence-electron chi connectivity index (χ0n) is 23.9. The predicted octanol–water partition coefficient (Wildman–Crippen LogP) is 3.43. The molecule has 1 aromatic rings. The van der Waals surface area contributed by atoms with E-state index in [1.165, 1.54) is 11.3 Å². The highest BCUT2D eigenvalue weighted by molar-refractivity contribution is 5.92. The lowest BCUT2D eigenvalue weighted by atomic mass is 9.83. The van der Waals surface area contributed by atoms with Crippen molar-refractivity contribution in [2.45, 2.75) is 103 Å². The van der Waals surface area contributed by atoms with Gasteiger partial charge in [0.15, 0.2) is 0 Å². The fourth-order valence-corrected chi connectivity index (χ4v) is 5.49. The van der Waals surface area contributed by atoms with E-state index in [-0.39, 0.29) is 41.7 Å². The number of benzene rings is 1. The van der Waals surface area contributed by atoms with E-state index in [0.29, 0.717) is 19.5 Å². The number of nitrogens with zero attached hydrogens (tertiary/aromatic N) is 1. The van der Waals surface area contributed by atoms with Crippen LogP contribution in [0, 0.1) is 11.8 Å². The zero-order valence-corrected chi connectivity index (χ0v) is 23.9. The summed E-state index contributed by atoms with van der Waals surface area (Å²) >= 11 is 0. The molecule has 3 amide bonds. The second kappa shape index (κ2) is 14.5. The number of aryl methyl sites for hydroxylation is 1. The van der Waals surface area contributed by atoms with Crippen LogP contribution in [0.15, 0.2) is 24.3 Å². The van der Waals surface area contributed by atoms with Crippen LogP contribution in [0.5, 0.6) is 5.75 Å². The maximum absolute atomic E-state index is 13.8. The Bertz CT molecular complexity index is 931. The predicted molar refractivity (Wildman–Crippen MR) is 150 cm³/mol. The van der Waals surface area contributed by atoms with Gasteiger partial charge in [0.2, 0.25) is 17.7 Å². The smallest absolute Gasteiger partial charge is 0.243 e. The quantitative estimate of drug-likeness (QED) is 0.558. The van der Waals surface area contributed by atoms with E-state index in [9.17, 15) is 14.4 Å². The fraction of sp³-hybridized carbons (Fsp3) is 0.700. The van der Waals surface area contributed by atoms with E-state index in [0.717, 1.165) is 49.8 Å². The number of fused-ring (bicyclic) bond motifs is 1. The Balaban J connectivity index is 1.87. The van der Waals surface area contributed by atoms with Gasteiger partial charge in [-0.3, -0.25) is 14.4 Å². The third-order valence-electron chi connectivity index (χ3n) is 7.88. The number of hydrogen-bond donors (Lipinski definition) is 3. The van der Waals surface area contributed by atoms with Crippen LogP contribution in [0.1, 0.15) is 78.2 Å². The van der Waals surface area contributed by atoms with Gasteiger partial charge in [-0.2, -0.15) is 0 Å². The molecule has 3 rings (SSSR count). The molecule has 0 radical (unpaired) electrons. The molecule has 4 atom stereocenters. The molecular formula is C30H48N4O4. The van der Waals surface area contributed by atoms with Crippen molar-refractivity contribution in [3.63, 3.8) is 0 Å². The zero-order chi connectivity index (χ0) is 27.7. The summed E-state index contributed by atoms with van der Waals surface area (Å²) in [7, 11) is 1.69. The summed E-state index contributed by atoms with van der Waals surface area (Å²) in [5.41, 5.74) is 1.09. The summed E-state index contributed by atoms with van der Waals surface area (Å²) < 4.78 is 6.32. The average molecular weight is 529 g/mol. The Morgan fingerprint density at radius 2 is 1.71 bits per heavy atom. The van der Waals surface area contributed by atoms with Gasteiger partial charge < -0.3 is 25.6 Å². The van der Waals surface area contributed by atoms with E-state index >= 15 is 0 Å². The Morgan fingerprint density at radius 3 is 2.42 bits per heavy atom. The van der Waals surface area contributed by atoms with Crippen LogP contribution in [0.2, 0.25) is 0 Å². The highest BCUT2D eigenvalue weighted by Crippen LogP contribution is 2.28. The molecular weight excluding hydrogens is 480 g/mol. The lowest BCUT2D eigenvalue weighted by Gasteiger charge is -2.35. The summed E-state index contributed by atoms with van der Waals surface area (Å²) in [6.45, 7) is 8.84. The molecule has 1 heterocycles. The number of amides is 3. The molecule has 1 aromatic carbocycles. The fourth-order valence-electron chi connectivity index (χ4n) is 5.49. The van der Waals surface area contributed by atoms with Crippen molar-refractivity contribution < 1.29 is 19.1 Å². The normalized spacial score (nSPS) is 27.5. The SMILES string of the molecule is CC(C)C[C@H]1NC(=O)[C@@H](C)N(C)C(=O)[C@H](C2CCCCC2)NC[C@@H](C)Oc2ccccc2CCCNC1=O. The van der Waals surface area contributed by atoms with Crippen LogP contribution in [0.3, 0.4) is 0 Å². The Labute approximate surface area is 228 Å². The molecule has 38 heavy (non-hydrogen) atoms. The van der Waals surface area contributed by atoms with Crippen LogP contribution in [-0.4, -0.2) is 67.0 Å². The van der Waals surface area contributed by atoms with E-state index < -0.39 is 12.1 Å². The van der Waals surface area contributed by atoms with E-state index in [1.807, 2.05) is 39.0 Å². The summed E-state index contributed by atoms with van der Waals surface area (Å²) in [5.74, 6) is 0.705. The Hall–Kier alpha value is -2.61. The average Bonchev–Trinajstić information content (AvgIpc) is 2.90. The number of likely N-dealkylation sites (N-methyl/N-ethyl adjacent to an activating group) is 1. The second-order valence-electron chi connectivity index (χ2n) is 11.5. The molecule has 0 bridgehead atoms. The monoisotopic (exact) mass is 528 g/mol. The minimum atomic E-state index is -0.697. The van der Waals surface area contributed by atoms with Crippen LogP contribution in [-0.2, 0) is 20.8 Å². The molecule has 212 valence electrons. The first-order valence-electron chi connectivity index (χ1n) is 14.5. The molecule has 1 fully saturated rings. The van der Waals surface area contributed by atoms with Crippen LogP contribution < -0.4 is 20.7 Å². The van der Waals surface area contributed by atoms with Gasteiger partial charge >= 0.3 is 0 Å². The van der Waals surface area contributed by atoms with Crippen LogP contribution in [0.25, 0.3) is 0 Å². The number of para-hydroxylation sites is 1. The molecule has 1 aliphatic carbocycles. The minimum absolute atomic E-state index is 0.0851. The van der Waals surface area contributed by atoms with Crippen molar-refractivity contribution >= 4 is 17.7 Å². The van der Waals surface area contributed by atoms with Crippen molar-refractivity contribution in [1.29, 1.82) is 0 Å². The first-order valence-corrected chi connectivity index (χ1v) is 14.5. The highest BCUT2D eigenvalue weighted by Gasteiger charge is 2.35. The lowest BCUT2D eigenvalue weighted by Crippen LogP contribution is -2.58. The van der Waals surface area contributed by atoms with Crippen molar-refractivity contribution in [2.75, 3.05) is 20.1 Å². The first kappa shape index (κ1) is 29.9. The Kier molecular flexibility index (Phi) is 11.4. The van der Waals surface area contributed by atoms with Gasteiger partial charge in [-0.25, -0.2) is 0 Å². The molecule has 0 aromatic heterocycles. The number of hydrogen-bond acceptors (Lipinski definition) is 5.